The van der Waals surface area contributed by atoms with E-state index in [2.05, 4.69) is 20.0 Å². The van der Waals surface area contributed by atoms with Crippen molar-refractivity contribution < 1.29 is 9.53 Å². The second-order valence-electron chi connectivity index (χ2n) is 3.59. The Kier molecular flexibility index (Phi) is 4.97. The van der Waals surface area contributed by atoms with Crippen LogP contribution in [-0.2, 0) is 4.74 Å². The molecule has 6 nitrogen and oxygen atoms in total. The Hall–Kier alpha value is -2.06. The summed E-state index contributed by atoms with van der Waals surface area (Å²) >= 11 is 6.20. The molecule has 0 saturated heterocycles. The molecule has 1 amide bonds. The van der Waals surface area contributed by atoms with E-state index in [1.807, 2.05) is 30.3 Å². The van der Waals surface area contributed by atoms with Crippen molar-refractivity contribution in [1.29, 1.82) is 0 Å². The van der Waals surface area contributed by atoms with Gasteiger partial charge in [-0.25, -0.2) is 4.79 Å². The fraction of sp³-hybridized carbons (Fsp3) is 0.167. The molecule has 104 valence electrons. The number of hydrogen-bond acceptors (Lipinski definition) is 6. The number of hydrogen-bond donors (Lipinski definition) is 2. The molecule has 0 bridgehead atoms. The number of rotatable bonds is 3. The van der Waals surface area contributed by atoms with Crippen LogP contribution in [0.3, 0.4) is 0 Å². The van der Waals surface area contributed by atoms with Crippen molar-refractivity contribution >= 4 is 40.9 Å². The summed E-state index contributed by atoms with van der Waals surface area (Å²) in [6.45, 7) is 1.99. The van der Waals surface area contributed by atoms with E-state index in [4.69, 9.17) is 17.0 Å². The maximum absolute atomic E-state index is 11.2. The standard InChI is InChI=1S/C12H12N4O2S2/c1-2-18-12(17)15-11(19)14-10-13-9(20-16-10)8-6-4-3-5-7-8/h3-7H,2H2,1H3,(H2,14,15,16,17,19). The van der Waals surface area contributed by atoms with Gasteiger partial charge in [-0.1, -0.05) is 30.3 Å². The van der Waals surface area contributed by atoms with Gasteiger partial charge in [0.1, 0.15) is 5.01 Å². The maximum atomic E-state index is 11.2. The van der Waals surface area contributed by atoms with E-state index in [9.17, 15) is 4.79 Å². The van der Waals surface area contributed by atoms with Crippen molar-refractivity contribution in [1.82, 2.24) is 14.7 Å². The van der Waals surface area contributed by atoms with Crippen LogP contribution in [-0.4, -0.2) is 27.2 Å². The highest BCUT2D eigenvalue weighted by Crippen LogP contribution is 2.22. The maximum Gasteiger partial charge on any atom is 0.413 e. The molecule has 0 atom stereocenters. The smallest absolute Gasteiger partial charge is 0.413 e. The van der Waals surface area contributed by atoms with Crippen molar-refractivity contribution in [3.63, 3.8) is 0 Å². The Morgan fingerprint density at radius 2 is 2.15 bits per heavy atom. The number of nitrogens with one attached hydrogen (secondary N) is 2. The van der Waals surface area contributed by atoms with E-state index in [0.717, 1.165) is 10.6 Å². The molecule has 0 aliphatic heterocycles. The molecule has 2 aromatic rings. The minimum atomic E-state index is -0.608. The number of amides is 1. The number of nitrogens with zero attached hydrogens (tertiary/aromatic N) is 2. The number of carbonyl (C=O) groups is 1. The average Bonchev–Trinajstić information content (AvgIpc) is 2.88. The van der Waals surface area contributed by atoms with Crippen molar-refractivity contribution in [2.45, 2.75) is 6.92 Å². The van der Waals surface area contributed by atoms with Crippen LogP contribution in [0.5, 0.6) is 0 Å². The second-order valence-corrected chi connectivity index (χ2v) is 4.75. The molecule has 0 unspecified atom stereocenters. The SMILES string of the molecule is CCOC(=O)NC(=S)Nc1nsc(-c2ccccc2)n1. The molecule has 0 spiro atoms. The van der Waals surface area contributed by atoms with Crippen molar-refractivity contribution in [3.05, 3.63) is 30.3 Å². The lowest BCUT2D eigenvalue weighted by Crippen LogP contribution is -2.34. The lowest BCUT2D eigenvalue weighted by molar-refractivity contribution is 0.158. The lowest BCUT2D eigenvalue weighted by atomic mass is 10.2. The summed E-state index contributed by atoms with van der Waals surface area (Å²) in [5.41, 5.74) is 0.974. The molecule has 1 heterocycles. The van der Waals surface area contributed by atoms with Crippen molar-refractivity contribution in [2.75, 3.05) is 11.9 Å². The van der Waals surface area contributed by atoms with Crippen LogP contribution in [0.25, 0.3) is 10.6 Å². The first-order valence-electron chi connectivity index (χ1n) is 5.83. The Bertz CT molecular complexity index is 601. The molecule has 0 aliphatic rings. The van der Waals surface area contributed by atoms with Gasteiger partial charge in [-0.15, -0.1) is 0 Å². The summed E-state index contributed by atoms with van der Waals surface area (Å²) in [4.78, 5) is 15.5. The van der Waals surface area contributed by atoms with Crippen LogP contribution in [0.15, 0.2) is 30.3 Å². The monoisotopic (exact) mass is 308 g/mol. The predicted molar refractivity (Wildman–Crippen MR) is 81.7 cm³/mol. The summed E-state index contributed by atoms with van der Waals surface area (Å²) in [6, 6.07) is 9.68. The molecule has 0 fully saturated rings. The highest BCUT2D eigenvalue weighted by molar-refractivity contribution is 7.80. The van der Waals surface area contributed by atoms with E-state index in [0.29, 0.717) is 5.95 Å². The first kappa shape index (κ1) is 14.4. The Labute approximate surface area is 125 Å². The molecule has 2 N–H and O–H groups in total. The largest absolute Gasteiger partial charge is 0.450 e. The van der Waals surface area contributed by atoms with E-state index in [1.54, 1.807) is 6.92 Å². The van der Waals surface area contributed by atoms with Crippen LogP contribution in [0.2, 0.25) is 0 Å². The van der Waals surface area contributed by atoms with Gasteiger partial charge in [-0.2, -0.15) is 9.36 Å². The number of carbonyl (C=O) groups excluding carboxylic acids is 1. The van der Waals surface area contributed by atoms with Gasteiger partial charge in [0.05, 0.1) is 6.61 Å². The summed E-state index contributed by atoms with van der Waals surface area (Å²) in [6.07, 6.45) is -0.608. The zero-order valence-corrected chi connectivity index (χ0v) is 12.3. The predicted octanol–water partition coefficient (Wildman–Crippen LogP) is 2.65. The van der Waals surface area contributed by atoms with E-state index in [-0.39, 0.29) is 11.7 Å². The van der Waals surface area contributed by atoms with Crippen LogP contribution >= 0.6 is 23.8 Å². The summed E-state index contributed by atoms with van der Waals surface area (Å²) in [7, 11) is 0. The third-order valence-corrected chi connectivity index (χ3v) is 3.13. The Morgan fingerprint density at radius 3 is 2.85 bits per heavy atom. The van der Waals surface area contributed by atoms with Crippen molar-refractivity contribution in [3.8, 4) is 10.6 Å². The van der Waals surface area contributed by atoms with Gasteiger partial charge in [0.25, 0.3) is 0 Å². The second kappa shape index (κ2) is 6.92. The lowest BCUT2D eigenvalue weighted by Gasteiger charge is -2.05. The minimum Gasteiger partial charge on any atom is -0.450 e. The fourth-order valence-electron chi connectivity index (χ4n) is 1.36. The molecular formula is C12H12N4O2S2. The summed E-state index contributed by atoms with van der Waals surface area (Å²) in [5, 5.41) is 5.96. The summed E-state index contributed by atoms with van der Waals surface area (Å²) < 4.78 is 8.83. The molecule has 1 aromatic heterocycles. The molecule has 20 heavy (non-hydrogen) atoms. The van der Waals surface area contributed by atoms with E-state index < -0.39 is 6.09 Å². The average molecular weight is 308 g/mol. The first-order valence-corrected chi connectivity index (χ1v) is 7.01. The normalized spacial score (nSPS) is 9.85. The highest BCUT2D eigenvalue weighted by atomic mass is 32.1. The third-order valence-electron chi connectivity index (χ3n) is 2.16. The van der Waals surface area contributed by atoms with Gasteiger partial charge in [0.15, 0.2) is 5.11 Å². The van der Waals surface area contributed by atoms with Crippen LogP contribution < -0.4 is 10.6 Å². The third kappa shape index (κ3) is 3.97. The van der Waals surface area contributed by atoms with Crippen LogP contribution in [0, 0.1) is 0 Å². The van der Waals surface area contributed by atoms with Gasteiger partial charge in [-0.3, -0.25) is 5.32 Å². The van der Waals surface area contributed by atoms with Crippen LogP contribution in [0.4, 0.5) is 10.7 Å². The number of benzene rings is 1. The Balaban J connectivity index is 1.96. The number of aromatic nitrogens is 2. The topological polar surface area (TPSA) is 76.1 Å². The number of alkyl carbamates (subject to hydrolysis) is 1. The molecule has 0 radical (unpaired) electrons. The molecule has 0 saturated carbocycles. The van der Waals surface area contributed by atoms with Gasteiger partial charge >= 0.3 is 6.09 Å². The summed E-state index contributed by atoms with van der Waals surface area (Å²) in [5.74, 6) is 0.343. The van der Waals surface area contributed by atoms with Crippen molar-refractivity contribution in [2.24, 2.45) is 0 Å². The highest BCUT2D eigenvalue weighted by Gasteiger charge is 2.09. The zero-order valence-electron chi connectivity index (χ0n) is 10.6. The van der Waals surface area contributed by atoms with Gasteiger partial charge in [0.2, 0.25) is 5.95 Å². The Morgan fingerprint density at radius 1 is 1.40 bits per heavy atom. The zero-order chi connectivity index (χ0) is 14.4. The first-order chi connectivity index (χ1) is 9.69. The van der Waals surface area contributed by atoms with E-state index >= 15 is 0 Å². The molecule has 8 heteroatoms. The van der Waals surface area contributed by atoms with Crippen LogP contribution in [0.1, 0.15) is 6.92 Å². The van der Waals surface area contributed by atoms with Gasteiger partial charge in [0, 0.05) is 5.56 Å². The molecule has 1 aromatic carbocycles. The quantitative estimate of drug-likeness (QED) is 0.849. The van der Waals surface area contributed by atoms with Gasteiger partial charge in [-0.05, 0) is 30.7 Å². The molecular weight excluding hydrogens is 296 g/mol. The molecule has 2 rings (SSSR count). The number of anilines is 1. The minimum absolute atomic E-state index is 0.0980. The molecule has 0 aliphatic carbocycles. The van der Waals surface area contributed by atoms with Gasteiger partial charge < -0.3 is 10.1 Å². The number of thiocarbonyl (C=S) groups is 1. The number of ether oxygens (including phenoxy) is 1. The fourth-order valence-corrected chi connectivity index (χ4v) is 2.17. The van der Waals surface area contributed by atoms with E-state index in [1.165, 1.54) is 11.5 Å².